The second-order valence-electron chi connectivity index (χ2n) is 4.66. The summed E-state index contributed by atoms with van der Waals surface area (Å²) in [5.41, 5.74) is 1.27. The Labute approximate surface area is 128 Å². The van der Waals surface area contributed by atoms with E-state index >= 15 is 0 Å². The van der Waals surface area contributed by atoms with Crippen molar-refractivity contribution in [3.05, 3.63) is 52.7 Å². The number of sulfonamides is 1. The number of nitrogens with zero attached hydrogens (tertiary/aromatic N) is 1. The smallest absolute Gasteiger partial charge is 0.252 e. The van der Waals surface area contributed by atoms with Gasteiger partial charge in [0.1, 0.15) is 10.0 Å². The summed E-state index contributed by atoms with van der Waals surface area (Å²) in [6, 6.07) is 7.83. The molecule has 0 aliphatic rings. The first-order valence-corrected chi connectivity index (χ1v) is 8.69. The van der Waals surface area contributed by atoms with Gasteiger partial charge < -0.3 is 5.32 Å². The molecule has 7 heteroatoms. The zero-order valence-electron chi connectivity index (χ0n) is 11.8. The molecule has 0 fully saturated rings. The third kappa shape index (κ3) is 3.68. The molecule has 1 heterocycles. The Balaban J connectivity index is 2.20. The minimum absolute atomic E-state index is 0.00820. The largest absolute Gasteiger partial charge is 0.316 e. The van der Waals surface area contributed by atoms with E-state index in [0.717, 1.165) is 5.56 Å². The zero-order chi connectivity index (χ0) is 15.5. The standard InChI is InChI=1S/C14H17FN2O2S2/c1-16-8-11-7-14(20-10-11)21(18,19)17(2)9-12-5-3-4-6-13(12)15/h3-7,10,16H,8-9H2,1-2H3. The Morgan fingerprint density at radius 2 is 2.05 bits per heavy atom. The molecule has 0 saturated carbocycles. The van der Waals surface area contributed by atoms with Crippen LogP contribution in [-0.4, -0.2) is 26.8 Å². The third-order valence-electron chi connectivity index (χ3n) is 3.03. The molecular weight excluding hydrogens is 311 g/mol. The highest BCUT2D eigenvalue weighted by atomic mass is 32.2. The molecule has 0 bridgehead atoms. The topological polar surface area (TPSA) is 49.4 Å². The van der Waals surface area contributed by atoms with Crippen molar-refractivity contribution in [2.45, 2.75) is 17.3 Å². The average molecular weight is 328 g/mol. The molecule has 2 aromatic rings. The first-order valence-electron chi connectivity index (χ1n) is 6.37. The van der Waals surface area contributed by atoms with Crippen molar-refractivity contribution in [2.75, 3.05) is 14.1 Å². The Hall–Kier alpha value is -1.28. The maximum Gasteiger partial charge on any atom is 0.252 e. The molecule has 4 nitrogen and oxygen atoms in total. The van der Waals surface area contributed by atoms with E-state index in [1.165, 1.54) is 28.8 Å². The van der Waals surface area contributed by atoms with Gasteiger partial charge in [0.15, 0.2) is 0 Å². The molecule has 0 unspecified atom stereocenters. The Kier molecular flexibility index (Phi) is 5.10. The van der Waals surface area contributed by atoms with Crippen molar-refractivity contribution in [3.8, 4) is 0 Å². The lowest BCUT2D eigenvalue weighted by molar-refractivity contribution is 0.458. The minimum atomic E-state index is -3.59. The number of benzene rings is 1. The lowest BCUT2D eigenvalue weighted by Gasteiger charge is -2.16. The van der Waals surface area contributed by atoms with E-state index < -0.39 is 15.8 Å². The molecule has 114 valence electrons. The lowest BCUT2D eigenvalue weighted by Crippen LogP contribution is -2.26. The van der Waals surface area contributed by atoms with Gasteiger partial charge in [0.05, 0.1) is 0 Å². The SMILES string of the molecule is CNCc1csc(S(=O)(=O)N(C)Cc2ccccc2F)c1. The second-order valence-corrected chi connectivity index (χ2v) is 7.84. The van der Waals surface area contributed by atoms with Gasteiger partial charge in [0, 0.05) is 25.7 Å². The Morgan fingerprint density at radius 1 is 1.33 bits per heavy atom. The highest BCUT2D eigenvalue weighted by molar-refractivity contribution is 7.91. The van der Waals surface area contributed by atoms with Gasteiger partial charge in [0.25, 0.3) is 10.0 Å². The molecule has 0 saturated heterocycles. The van der Waals surface area contributed by atoms with Crippen LogP contribution in [-0.2, 0) is 23.1 Å². The summed E-state index contributed by atoms with van der Waals surface area (Å²) in [6.07, 6.45) is 0. The van der Waals surface area contributed by atoms with Crippen LogP contribution in [0.15, 0.2) is 39.9 Å². The molecule has 2 rings (SSSR count). The van der Waals surface area contributed by atoms with E-state index in [0.29, 0.717) is 12.1 Å². The molecule has 0 aliphatic carbocycles. The predicted molar refractivity (Wildman–Crippen MR) is 82.1 cm³/mol. The number of halogens is 1. The summed E-state index contributed by atoms with van der Waals surface area (Å²) >= 11 is 1.18. The van der Waals surface area contributed by atoms with E-state index in [-0.39, 0.29) is 10.8 Å². The fourth-order valence-electron chi connectivity index (χ4n) is 1.89. The normalized spacial score (nSPS) is 12.0. The van der Waals surface area contributed by atoms with Crippen molar-refractivity contribution in [1.29, 1.82) is 0 Å². The molecule has 1 aromatic carbocycles. The summed E-state index contributed by atoms with van der Waals surface area (Å²) in [7, 11) is -0.335. The number of thiophene rings is 1. The van der Waals surface area contributed by atoms with Gasteiger partial charge in [-0.2, -0.15) is 4.31 Å². The molecular formula is C14H17FN2O2S2. The number of rotatable bonds is 6. The first-order chi connectivity index (χ1) is 9.95. The van der Waals surface area contributed by atoms with Crippen LogP contribution < -0.4 is 5.32 Å². The van der Waals surface area contributed by atoms with Gasteiger partial charge in [-0.15, -0.1) is 11.3 Å². The van der Waals surface area contributed by atoms with Crippen LogP contribution in [0.1, 0.15) is 11.1 Å². The van der Waals surface area contributed by atoms with Gasteiger partial charge >= 0.3 is 0 Å². The molecule has 0 atom stereocenters. The van der Waals surface area contributed by atoms with Crippen LogP contribution in [0.2, 0.25) is 0 Å². The molecule has 0 aliphatic heterocycles. The first kappa shape index (κ1) is 16.1. The molecule has 0 amide bonds. The summed E-state index contributed by atoms with van der Waals surface area (Å²) in [6.45, 7) is 0.622. The fourth-order valence-corrected chi connectivity index (χ4v) is 4.46. The van der Waals surface area contributed by atoms with Crippen molar-refractivity contribution < 1.29 is 12.8 Å². The Morgan fingerprint density at radius 3 is 2.71 bits per heavy atom. The fraction of sp³-hybridized carbons (Fsp3) is 0.286. The minimum Gasteiger partial charge on any atom is -0.316 e. The molecule has 0 spiro atoms. The summed E-state index contributed by atoms with van der Waals surface area (Å²) in [5, 5.41) is 4.78. The second kappa shape index (κ2) is 6.65. The van der Waals surface area contributed by atoms with Crippen LogP contribution in [0.3, 0.4) is 0 Å². The maximum absolute atomic E-state index is 13.6. The molecule has 0 radical (unpaired) electrons. The molecule has 1 aromatic heterocycles. The number of nitrogens with one attached hydrogen (secondary N) is 1. The van der Waals surface area contributed by atoms with E-state index in [1.54, 1.807) is 36.7 Å². The summed E-state index contributed by atoms with van der Waals surface area (Å²) in [5.74, 6) is -0.401. The van der Waals surface area contributed by atoms with Crippen LogP contribution in [0.25, 0.3) is 0 Å². The third-order valence-corrected chi connectivity index (χ3v) is 6.29. The van der Waals surface area contributed by atoms with Crippen molar-refractivity contribution in [2.24, 2.45) is 0 Å². The van der Waals surface area contributed by atoms with Gasteiger partial charge in [-0.25, -0.2) is 12.8 Å². The monoisotopic (exact) mass is 328 g/mol. The molecule has 1 N–H and O–H groups in total. The van der Waals surface area contributed by atoms with Crippen molar-refractivity contribution in [1.82, 2.24) is 9.62 Å². The lowest BCUT2D eigenvalue weighted by atomic mass is 10.2. The number of hydrogen-bond donors (Lipinski definition) is 1. The van der Waals surface area contributed by atoms with Crippen LogP contribution in [0.4, 0.5) is 4.39 Å². The van der Waals surface area contributed by atoms with Crippen LogP contribution >= 0.6 is 11.3 Å². The van der Waals surface area contributed by atoms with Crippen LogP contribution in [0, 0.1) is 5.82 Å². The van der Waals surface area contributed by atoms with Crippen LogP contribution in [0.5, 0.6) is 0 Å². The van der Waals surface area contributed by atoms with E-state index in [9.17, 15) is 12.8 Å². The van der Waals surface area contributed by atoms with E-state index in [1.807, 2.05) is 0 Å². The molecule has 21 heavy (non-hydrogen) atoms. The van der Waals surface area contributed by atoms with E-state index in [4.69, 9.17) is 0 Å². The maximum atomic E-state index is 13.6. The highest BCUT2D eigenvalue weighted by Crippen LogP contribution is 2.24. The van der Waals surface area contributed by atoms with E-state index in [2.05, 4.69) is 5.32 Å². The van der Waals surface area contributed by atoms with Gasteiger partial charge in [0.2, 0.25) is 0 Å². The van der Waals surface area contributed by atoms with Crippen molar-refractivity contribution in [3.63, 3.8) is 0 Å². The summed E-state index contributed by atoms with van der Waals surface area (Å²) < 4.78 is 40.0. The van der Waals surface area contributed by atoms with Crippen molar-refractivity contribution >= 4 is 21.4 Å². The highest BCUT2D eigenvalue weighted by Gasteiger charge is 2.23. The predicted octanol–water partition coefficient (Wildman–Crippen LogP) is 2.43. The average Bonchev–Trinajstić information content (AvgIpc) is 2.91. The number of hydrogen-bond acceptors (Lipinski definition) is 4. The van der Waals surface area contributed by atoms with Gasteiger partial charge in [-0.3, -0.25) is 0 Å². The Bertz CT molecular complexity index is 713. The van der Waals surface area contributed by atoms with Gasteiger partial charge in [-0.05, 0) is 30.1 Å². The summed E-state index contributed by atoms with van der Waals surface area (Å²) in [4.78, 5) is 0. The van der Waals surface area contributed by atoms with Gasteiger partial charge in [-0.1, -0.05) is 18.2 Å². The zero-order valence-corrected chi connectivity index (χ0v) is 13.5. The quantitative estimate of drug-likeness (QED) is 0.886.